The van der Waals surface area contributed by atoms with Gasteiger partial charge in [0.05, 0.1) is 21.3 Å². The van der Waals surface area contributed by atoms with Crippen molar-refractivity contribution in [1.29, 1.82) is 0 Å². The molecule has 0 aliphatic carbocycles. The Balaban J connectivity index is 2.10. The van der Waals surface area contributed by atoms with Crippen molar-refractivity contribution < 1.29 is 33.3 Å². The molecule has 1 aliphatic rings. The van der Waals surface area contributed by atoms with Crippen LogP contribution in [0, 0.1) is 0 Å². The van der Waals surface area contributed by atoms with Crippen molar-refractivity contribution in [2.75, 3.05) is 21.3 Å². The van der Waals surface area contributed by atoms with Gasteiger partial charge in [-0.2, -0.15) is 0 Å². The van der Waals surface area contributed by atoms with Crippen molar-refractivity contribution in [2.24, 2.45) is 0 Å². The van der Waals surface area contributed by atoms with Crippen LogP contribution in [0.2, 0.25) is 0 Å². The highest BCUT2D eigenvalue weighted by Gasteiger charge is 2.34. The normalized spacial score (nSPS) is 19.9. The summed E-state index contributed by atoms with van der Waals surface area (Å²) >= 11 is 0. The van der Waals surface area contributed by atoms with Crippen LogP contribution in [0.4, 0.5) is 0 Å². The lowest BCUT2D eigenvalue weighted by Crippen LogP contribution is -2.21. The molecule has 1 aliphatic heterocycles. The Morgan fingerprint density at radius 3 is 2.25 bits per heavy atom. The van der Waals surface area contributed by atoms with Gasteiger partial charge in [-0.05, 0) is 30.7 Å². The average Bonchev–Trinajstić information content (AvgIpc) is 2.88. The van der Waals surface area contributed by atoms with Gasteiger partial charge >= 0.3 is 11.9 Å². The molecule has 0 saturated carbocycles. The van der Waals surface area contributed by atoms with Crippen molar-refractivity contribution in [3.05, 3.63) is 23.8 Å². The predicted octanol–water partition coefficient (Wildman–Crippen LogP) is 1.97. The number of methoxy groups -OCH3 is 3. The third-order valence-electron chi connectivity index (χ3n) is 3.48. The van der Waals surface area contributed by atoms with E-state index in [0.29, 0.717) is 29.2 Å². The molecule has 1 saturated heterocycles. The van der Waals surface area contributed by atoms with Gasteiger partial charge in [0.2, 0.25) is 11.9 Å². The molecule has 0 aromatic heterocycles. The maximum absolute atomic E-state index is 11.9. The van der Waals surface area contributed by atoms with E-state index in [1.807, 2.05) is 0 Å². The first-order valence-electron chi connectivity index (χ1n) is 7.37. The van der Waals surface area contributed by atoms with Gasteiger partial charge in [0.25, 0.3) is 0 Å². The molecule has 2 rings (SSSR count). The van der Waals surface area contributed by atoms with Crippen LogP contribution < -0.4 is 14.2 Å². The number of ether oxygens (including phenoxy) is 5. The van der Waals surface area contributed by atoms with Crippen LogP contribution in [0.3, 0.4) is 0 Å². The molecule has 1 aromatic rings. The number of carbonyl (C=O) groups excluding carboxylic acids is 2. The zero-order valence-electron chi connectivity index (χ0n) is 14.0. The van der Waals surface area contributed by atoms with E-state index in [1.54, 1.807) is 19.1 Å². The fourth-order valence-electron chi connectivity index (χ4n) is 2.36. The van der Waals surface area contributed by atoms with Gasteiger partial charge in [-0.1, -0.05) is 0 Å². The molecule has 130 valence electrons. The molecule has 0 spiro atoms. The third kappa shape index (κ3) is 3.98. The zero-order valence-corrected chi connectivity index (χ0v) is 14.0. The molecule has 0 bridgehead atoms. The lowest BCUT2D eigenvalue weighted by atomic mass is 10.1. The Morgan fingerprint density at radius 1 is 1.17 bits per heavy atom. The molecule has 0 radical (unpaired) electrons. The quantitative estimate of drug-likeness (QED) is 0.580. The molecule has 1 heterocycles. The van der Waals surface area contributed by atoms with Crippen molar-refractivity contribution in [3.63, 3.8) is 0 Å². The van der Waals surface area contributed by atoms with Crippen molar-refractivity contribution in [2.45, 2.75) is 25.6 Å². The second kappa shape index (κ2) is 7.72. The molecule has 1 aromatic carbocycles. The average molecular weight is 336 g/mol. The Hall–Kier alpha value is -2.70. The Bertz CT molecular complexity index is 625. The summed E-state index contributed by atoms with van der Waals surface area (Å²) in [5.74, 6) is 0.260. The van der Waals surface area contributed by atoms with E-state index < -0.39 is 18.0 Å². The summed E-state index contributed by atoms with van der Waals surface area (Å²) in [6.45, 7) is 1.75. The van der Waals surface area contributed by atoms with Crippen molar-refractivity contribution in [3.8, 4) is 17.2 Å². The SMILES string of the molecule is COc1cc(/C=C/C(=O)O[C@H]2C[C@H](C)OC2=O)cc(OC)c1OC. The highest BCUT2D eigenvalue weighted by Crippen LogP contribution is 2.38. The fraction of sp³-hybridized carbons (Fsp3) is 0.412. The summed E-state index contributed by atoms with van der Waals surface area (Å²) in [5.41, 5.74) is 0.656. The standard InChI is InChI=1S/C17H20O7/c1-10-7-14(17(19)23-10)24-15(18)6-5-11-8-12(20-2)16(22-4)13(9-11)21-3/h5-6,8-10,14H,7H2,1-4H3/b6-5+/t10-,14-/m0/s1. The zero-order chi connectivity index (χ0) is 17.7. The smallest absolute Gasteiger partial charge is 0.347 e. The number of benzene rings is 1. The maximum Gasteiger partial charge on any atom is 0.347 e. The van der Waals surface area contributed by atoms with Gasteiger partial charge in [-0.3, -0.25) is 0 Å². The second-order valence-electron chi connectivity index (χ2n) is 5.20. The summed E-state index contributed by atoms with van der Waals surface area (Å²) in [6.07, 6.45) is 2.04. The summed E-state index contributed by atoms with van der Waals surface area (Å²) < 4.78 is 25.7. The first kappa shape index (κ1) is 17.7. The molecule has 0 N–H and O–H groups in total. The minimum absolute atomic E-state index is 0.241. The number of cyclic esters (lactones) is 1. The van der Waals surface area contributed by atoms with Gasteiger partial charge in [0.1, 0.15) is 6.10 Å². The molecule has 0 unspecified atom stereocenters. The monoisotopic (exact) mass is 336 g/mol. The lowest BCUT2D eigenvalue weighted by Gasteiger charge is -2.12. The number of esters is 2. The van der Waals surface area contributed by atoms with Crippen molar-refractivity contribution >= 4 is 18.0 Å². The van der Waals surface area contributed by atoms with E-state index >= 15 is 0 Å². The van der Waals surface area contributed by atoms with E-state index in [2.05, 4.69) is 0 Å². The van der Waals surface area contributed by atoms with E-state index in [4.69, 9.17) is 23.7 Å². The Labute approximate surface area is 140 Å². The molecular formula is C17H20O7. The predicted molar refractivity (Wildman–Crippen MR) is 85.2 cm³/mol. The first-order chi connectivity index (χ1) is 11.5. The molecule has 0 amide bonds. The summed E-state index contributed by atoms with van der Waals surface area (Å²) in [4.78, 5) is 23.3. The van der Waals surface area contributed by atoms with Crippen LogP contribution in [0.15, 0.2) is 18.2 Å². The second-order valence-corrected chi connectivity index (χ2v) is 5.20. The highest BCUT2D eigenvalue weighted by molar-refractivity contribution is 5.90. The van der Waals surface area contributed by atoms with Gasteiger partial charge in [0, 0.05) is 12.5 Å². The van der Waals surface area contributed by atoms with E-state index in [-0.39, 0.29) is 6.10 Å². The van der Waals surface area contributed by atoms with Crippen LogP contribution in [0.25, 0.3) is 6.08 Å². The van der Waals surface area contributed by atoms with Gasteiger partial charge in [-0.15, -0.1) is 0 Å². The lowest BCUT2D eigenvalue weighted by molar-refractivity contribution is -0.157. The molecule has 1 fully saturated rings. The fourth-order valence-corrected chi connectivity index (χ4v) is 2.36. The maximum atomic E-state index is 11.9. The highest BCUT2D eigenvalue weighted by atomic mass is 16.6. The van der Waals surface area contributed by atoms with Crippen LogP contribution in [0.1, 0.15) is 18.9 Å². The number of carbonyl (C=O) groups is 2. The topological polar surface area (TPSA) is 80.3 Å². The van der Waals surface area contributed by atoms with Crippen LogP contribution in [-0.4, -0.2) is 45.5 Å². The van der Waals surface area contributed by atoms with Gasteiger partial charge < -0.3 is 23.7 Å². The molecule has 2 atom stereocenters. The molecular weight excluding hydrogens is 316 g/mol. The van der Waals surface area contributed by atoms with Gasteiger partial charge in [-0.25, -0.2) is 9.59 Å². The van der Waals surface area contributed by atoms with E-state index in [1.165, 1.54) is 33.5 Å². The summed E-state index contributed by atoms with van der Waals surface area (Å²) in [7, 11) is 4.52. The van der Waals surface area contributed by atoms with Gasteiger partial charge in [0.15, 0.2) is 11.5 Å². The minimum Gasteiger partial charge on any atom is -0.493 e. The van der Waals surface area contributed by atoms with Crippen LogP contribution >= 0.6 is 0 Å². The Morgan fingerprint density at radius 2 is 1.79 bits per heavy atom. The number of hydrogen-bond acceptors (Lipinski definition) is 7. The molecule has 24 heavy (non-hydrogen) atoms. The van der Waals surface area contributed by atoms with E-state index in [9.17, 15) is 9.59 Å². The summed E-state index contributed by atoms with van der Waals surface area (Å²) in [5, 5.41) is 0. The van der Waals surface area contributed by atoms with Crippen LogP contribution in [-0.2, 0) is 19.1 Å². The summed E-state index contributed by atoms with van der Waals surface area (Å²) in [6, 6.07) is 3.38. The molecule has 7 heteroatoms. The molecule has 7 nitrogen and oxygen atoms in total. The number of rotatable bonds is 6. The minimum atomic E-state index is -0.850. The Kier molecular flexibility index (Phi) is 5.68. The largest absolute Gasteiger partial charge is 0.493 e. The van der Waals surface area contributed by atoms with Crippen LogP contribution in [0.5, 0.6) is 17.2 Å². The first-order valence-corrected chi connectivity index (χ1v) is 7.37. The van der Waals surface area contributed by atoms with E-state index in [0.717, 1.165) is 0 Å². The third-order valence-corrected chi connectivity index (χ3v) is 3.48. The van der Waals surface area contributed by atoms with Crippen molar-refractivity contribution in [1.82, 2.24) is 0 Å². The number of hydrogen-bond donors (Lipinski definition) is 0.